The standard InChI is InChI=1S/C20H17ClO2S2/c1-2-24-20-18(19(23)14-6-4-3-5-7-14)16(22)12-17(25-20)13-8-10-15(21)11-9-13/h3-11,17H,2,12H2,1H3/t17-/m1/s1. The third kappa shape index (κ3) is 4.20. The molecule has 1 heterocycles. The quantitative estimate of drug-likeness (QED) is 0.469. The predicted molar refractivity (Wildman–Crippen MR) is 107 cm³/mol. The van der Waals surface area contributed by atoms with Gasteiger partial charge in [0.15, 0.2) is 11.6 Å². The minimum atomic E-state index is -0.177. The number of hydrogen-bond acceptors (Lipinski definition) is 4. The lowest BCUT2D eigenvalue weighted by molar-refractivity contribution is -0.115. The van der Waals surface area contributed by atoms with E-state index in [0.717, 1.165) is 15.6 Å². The first kappa shape index (κ1) is 18.3. The summed E-state index contributed by atoms with van der Waals surface area (Å²) in [6.07, 6.45) is 0.327. The lowest BCUT2D eigenvalue weighted by atomic mass is 9.96. The molecule has 0 fully saturated rings. The van der Waals surface area contributed by atoms with E-state index in [1.54, 1.807) is 35.7 Å². The zero-order valence-electron chi connectivity index (χ0n) is 13.7. The molecule has 1 aliphatic heterocycles. The molecule has 0 unspecified atom stereocenters. The van der Waals surface area contributed by atoms with Crippen molar-refractivity contribution in [1.82, 2.24) is 0 Å². The van der Waals surface area contributed by atoms with Crippen LogP contribution in [0.3, 0.4) is 0 Å². The molecule has 0 spiro atoms. The van der Waals surface area contributed by atoms with Crippen LogP contribution in [-0.2, 0) is 4.79 Å². The second-order valence-electron chi connectivity index (χ2n) is 5.58. The summed E-state index contributed by atoms with van der Waals surface area (Å²) in [6.45, 7) is 2.03. The molecule has 2 aromatic rings. The van der Waals surface area contributed by atoms with Gasteiger partial charge in [-0.1, -0.05) is 61.0 Å². The molecule has 25 heavy (non-hydrogen) atoms. The van der Waals surface area contributed by atoms with Crippen LogP contribution >= 0.6 is 35.1 Å². The van der Waals surface area contributed by atoms with Crippen molar-refractivity contribution < 1.29 is 9.59 Å². The first-order valence-electron chi connectivity index (χ1n) is 8.02. The first-order valence-corrected chi connectivity index (χ1v) is 10.3. The summed E-state index contributed by atoms with van der Waals surface area (Å²) in [6, 6.07) is 16.6. The van der Waals surface area contributed by atoms with Crippen molar-refractivity contribution in [2.24, 2.45) is 0 Å². The van der Waals surface area contributed by atoms with Gasteiger partial charge in [-0.05, 0) is 23.4 Å². The van der Waals surface area contributed by atoms with Crippen molar-refractivity contribution in [3.8, 4) is 0 Å². The highest BCUT2D eigenvalue weighted by Crippen LogP contribution is 2.48. The van der Waals surface area contributed by atoms with Gasteiger partial charge < -0.3 is 0 Å². The fraction of sp³-hybridized carbons (Fsp3) is 0.200. The van der Waals surface area contributed by atoms with E-state index in [4.69, 9.17) is 11.6 Å². The maximum atomic E-state index is 12.9. The Kier molecular flexibility index (Phi) is 6.05. The molecule has 3 rings (SSSR count). The SMILES string of the molecule is CCSC1=C(C(=O)c2ccccc2)C(=O)C[C@H](c2ccc(Cl)cc2)S1. The maximum Gasteiger partial charge on any atom is 0.198 e. The number of carbonyl (C=O) groups is 2. The molecule has 2 nitrogen and oxygen atoms in total. The lowest BCUT2D eigenvalue weighted by Gasteiger charge is -2.25. The van der Waals surface area contributed by atoms with Gasteiger partial charge in [-0.15, -0.1) is 23.5 Å². The fourth-order valence-electron chi connectivity index (χ4n) is 2.67. The van der Waals surface area contributed by atoms with E-state index in [2.05, 4.69) is 0 Å². The summed E-state index contributed by atoms with van der Waals surface area (Å²) in [5.41, 5.74) is 1.96. The normalized spacial score (nSPS) is 17.7. The third-order valence-electron chi connectivity index (χ3n) is 3.88. The Labute approximate surface area is 161 Å². The zero-order valence-corrected chi connectivity index (χ0v) is 16.1. The van der Waals surface area contributed by atoms with Crippen molar-refractivity contribution >= 4 is 46.7 Å². The maximum absolute atomic E-state index is 12.9. The molecule has 5 heteroatoms. The van der Waals surface area contributed by atoms with Crippen LogP contribution in [0.1, 0.15) is 34.5 Å². The molecule has 0 aliphatic carbocycles. The number of benzene rings is 2. The average Bonchev–Trinajstić information content (AvgIpc) is 2.62. The van der Waals surface area contributed by atoms with Crippen molar-refractivity contribution in [3.63, 3.8) is 0 Å². The van der Waals surface area contributed by atoms with E-state index < -0.39 is 0 Å². The van der Waals surface area contributed by atoms with E-state index in [0.29, 0.717) is 22.6 Å². The Morgan fingerprint density at radius 2 is 1.84 bits per heavy atom. The van der Waals surface area contributed by atoms with Crippen molar-refractivity contribution in [2.45, 2.75) is 18.6 Å². The van der Waals surface area contributed by atoms with E-state index in [1.807, 2.05) is 49.4 Å². The van der Waals surface area contributed by atoms with Crippen LogP contribution in [0.2, 0.25) is 5.02 Å². The van der Waals surface area contributed by atoms with E-state index >= 15 is 0 Å². The molecule has 0 saturated heterocycles. The number of halogens is 1. The molecule has 1 atom stereocenters. The molecule has 0 bridgehead atoms. The van der Waals surface area contributed by atoms with Gasteiger partial charge in [0.25, 0.3) is 0 Å². The van der Waals surface area contributed by atoms with Gasteiger partial charge in [-0.3, -0.25) is 9.59 Å². The highest BCUT2D eigenvalue weighted by Gasteiger charge is 2.33. The third-order valence-corrected chi connectivity index (χ3v) is 6.67. The monoisotopic (exact) mass is 388 g/mol. The number of ketones is 2. The molecule has 0 amide bonds. The molecule has 0 N–H and O–H groups in total. The van der Waals surface area contributed by atoms with Gasteiger partial charge in [0.1, 0.15) is 0 Å². The minimum absolute atomic E-state index is 0.0196. The van der Waals surface area contributed by atoms with Crippen LogP contribution < -0.4 is 0 Å². The number of Topliss-reactive ketones (excluding diaryl/α,β-unsaturated/α-hetero) is 2. The molecule has 0 saturated carbocycles. The number of thioether (sulfide) groups is 2. The van der Waals surface area contributed by atoms with Gasteiger partial charge in [-0.25, -0.2) is 0 Å². The number of allylic oxidation sites excluding steroid dienone is 1. The minimum Gasteiger partial charge on any atom is -0.294 e. The van der Waals surface area contributed by atoms with E-state index in [1.165, 1.54) is 0 Å². The van der Waals surface area contributed by atoms with Crippen LogP contribution in [0.25, 0.3) is 0 Å². The lowest BCUT2D eigenvalue weighted by Crippen LogP contribution is -2.20. The Hall–Kier alpha value is -1.49. The average molecular weight is 389 g/mol. The van der Waals surface area contributed by atoms with Crippen molar-refractivity contribution in [3.05, 3.63) is 80.6 Å². The van der Waals surface area contributed by atoms with E-state index in [9.17, 15) is 9.59 Å². The second kappa shape index (κ2) is 8.26. The van der Waals surface area contributed by atoms with Gasteiger partial charge in [-0.2, -0.15) is 0 Å². The Morgan fingerprint density at radius 1 is 1.16 bits per heavy atom. The fourth-order valence-corrected chi connectivity index (χ4v) is 5.49. The molecule has 0 aromatic heterocycles. The predicted octanol–water partition coefficient (Wildman–Crippen LogP) is 5.93. The summed E-state index contributed by atoms with van der Waals surface area (Å²) < 4.78 is 0.826. The number of hydrogen-bond donors (Lipinski definition) is 0. The van der Waals surface area contributed by atoms with Crippen LogP contribution in [0, 0.1) is 0 Å². The number of rotatable bonds is 5. The van der Waals surface area contributed by atoms with Gasteiger partial charge in [0, 0.05) is 22.3 Å². The summed E-state index contributed by atoms with van der Waals surface area (Å²) in [4.78, 5) is 25.7. The number of carbonyl (C=O) groups excluding carboxylic acids is 2. The second-order valence-corrected chi connectivity index (χ2v) is 8.76. The van der Waals surface area contributed by atoms with Crippen LogP contribution in [0.5, 0.6) is 0 Å². The smallest absolute Gasteiger partial charge is 0.198 e. The van der Waals surface area contributed by atoms with Gasteiger partial charge in [0.05, 0.1) is 9.81 Å². The molecule has 2 aromatic carbocycles. The highest BCUT2D eigenvalue weighted by atomic mass is 35.5. The molecule has 0 radical (unpaired) electrons. The summed E-state index contributed by atoms with van der Waals surface area (Å²) in [5, 5.41) is 0.695. The summed E-state index contributed by atoms with van der Waals surface area (Å²) in [5.74, 6) is 0.557. The van der Waals surface area contributed by atoms with Gasteiger partial charge in [0.2, 0.25) is 0 Å². The molecular formula is C20H17ClO2S2. The Morgan fingerprint density at radius 3 is 2.48 bits per heavy atom. The van der Waals surface area contributed by atoms with E-state index in [-0.39, 0.29) is 16.8 Å². The van der Waals surface area contributed by atoms with Crippen LogP contribution in [0.4, 0.5) is 0 Å². The molecular weight excluding hydrogens is 372 g/mol. The van der Waals surface area contributed by atoms with Crippen LogP contribution in [0.15, 0.2) is 64.4 Å². The Balaban J connectivity index is 1.95. The topological polar surface area (TPSA) is 34.1 Å². The van der Waals surface area contributed by atoms with Crippen molar-refractivity contribution in [1.29, 1.82) is 0 Å². The summed E-state index contributed by atoms with van der Waals surface area (Å²) in [7, 11) is 0. The molecule has 128 valence electrons. The van der Waals surface area contributed by atoms with Gasteiger partial charge >= 0.3 is 0 Å². The summed E-state index contributed by atoms with van der Waals surface area (Å²) >= 11 is 9.13. The van der Waals surface area contributed by atoms with Crippen LogP contribution in [-0.4, -0.2) is 17.3 Å². The molecule has 1 aliphatic rings. The zero-order chi connectivity index (χ0) is 17.8. The highest BCUT2D eigenvalue weighted by molar-refractivity contribution is 8.22. The largest absolute Gasteiger partial charge is 0.294 e. The first-order chi connectivity index (χ1) is 12.1. The Bertz CT molecular complexity index is 813. The van der Waals surface area contributed by atoms with Crippen molar-refractivity contribution in [2.75, 3.05) is 5.75 Å².